The van der Waals surface area contributed by atoms with Gasteiger partial charge in [0.2, 0.25) is 0 Å². The van der Waals surface area contributed by atoms with Crippen molar-refractivity contribution in [1.29, 1.82) is 5.26 Å². The molecule has 0 spiro atoms. The smallest absolute Gasteiger partial charge is 0.245 e. The first-order valence-electron chi connectivity index (χ1n) is 4.84. The van der Waals surface area contributed by atoms with E-state index < -0.39 is 0 Å². The van der Waals surface area contributed by atoms with Crippen LogP contribution in [0.15, 0.2) is 16.5 Å². The molecule has 18 heavy (non-hydrogen) atoms. The lowest BCUT2D eigenvalue weighted by atomic mass is 10.4. The van der Waals surface area contributed by atoms with Crippen molar-refractivity contribution in [3.05, 3.63) is 27.9 Å². The molecule has 0 bridgehead atoms. The predicted molar refractivity (Wildman–Crippen MR) is 61.8 cm³/mol. The number of thiazole rings is 1. The van der Waals surface area contributed by atoms with Crippen LogP contribution in [-0.4, -0.2) is 29.4 Å². The summed E-state index contributed by atoms with van der Waals surface area (Å²) in [6, 6.07) is 1.94. The van der Waals surface area contributed by atoms with Crippen molar-refractivity contribution in [3.8, 4) is 16.8 Å². The SMILES string of the molecule is Cn1nnc2c(-c3nc(C#N)cs3)ncn2c1=O. The molecular weight excluding hydrogens is 254 g/mol. The number of hydrogen-bond acceptors (Lipinski definition) is 7. The fourth-order valence-electron chi connectivity index (χ4n) is 1.47. The summed E-state index contributed by atoms with van der Waals surface area (Å²) in [4.78, 5) is 19.9. The molecule has 3 aromatic heterocycles. The van der Waals surface area contributed by atoms with Crippen LogP contribution in [0.4, 0.5) is 0 Å². The number of fused-ring (bicyclic) bond motifs is 1. The summed E-state index contributed by atoms with van der Waals surface area (Å²) in [5.41, 5.74) is 0.757. The Morgan fingerprint density at radius 2 is 2.33 bits per heavy atom. The first-order valence-corrected chi connectivity index (χ1v) is 5.71. The zero-order valence-electron chi connectivity index (χ0n) is 9.10. The normalized spacial score (nSPS) is 10.7. The van der Waals surface area contributed by atoms with Gasteiger partial charge in [-0.05, 0) is 0 Å². The fraction of sp³-hybridized carbons (Fsp3) is 0.111. The molecule has 8 nitrogen and oxygen atoms in total. The van der Waals surface area contributed by atoms with Crippen molar-refractivity contribution in [1.82, 2.24) is 29.4 Å². The maximum Gasteiger partial charge on any atom is 0.352 e. The molecular formula is C9H5N7OS. The molecule has 3 aromatic rings. The van der Waals surface area contributed by atoms with Crippen LogP contribution < -0.4 is 5.69 Å². The number of imidazole rings is 1. The first kappa shape index (κ1) is 10.5. The Morgan fingerprint density at radius 3 is 3.06 bits per heavy atom. The van der Waals surface area contributed by atoms with Crippen molar-refractivity contribution in [3.63, 3.8) is 0 Å². The fourth-order valence-corrected chi connectivity index (χ4v) is 2.20. The van der Waals surface area contributed by atoms with Crippen LogP contribution in [0.25, 0.3) is 16.3 Å². The molecule has 0 N–H and O–H groups in total. The van der Waals surface area contributed by atoms with Gasteiger partial charge in [0.15, 0.2) is 11.3 Å². The summed E-state index contributed by atoms with van der Waals surface area (Å²) in [6.07, 6.45) is 1.37. The summed E-state index contributed by atoms with van der Waals surface area (Å²) in [7, 11) is 1.51. The minimum absolute atomic E-state index is 0.313. The zero-order valence-corrected chi connectivity index (χ0v) is 9.92. The van der Waals surface area contributed by atoms with E-state index in [1.165, 1.54) is 29.1 Å². The van der Waals surface area contributed by atoms with E-state index in [-0.39, 0.29) is 5.69 Å². The maximum absolute atomic E-state index is 11.7. The molecule has 3 rings (SSSR count). The van der Waals surface area contributed by atoms with Gasteiger partial charge in [-0.25, -0.2) is 19.2 Å². The number of nitriles is 1. The lowest BCUT2D eigenvalue weighted by Gasteiger charge is -1.95. The van der Waals surface area contributed by atoms with E-state index >= 15 is 0 Å². The highest BCUT2D eigenvalue weighted by Gasteiger charge is 2.15. The number of rotatable bonds is 1. The van der Waals surface area contributed by atoms with E-state index in [2.05, 4.69) is 20.3 Å². The summed E-state index contributed by atoms with van der Waals surface area (Å²) in [6.45, 7) is 0. The van der Waals surface area contributed by atoms with Crippen LogP contribution >= 0.6 is 11.3 Å². The summed E-state index contributed by atoms with van der Waals surface area (Å²) in [5.74, 6) is 0. The Bertz CT molecular complexity index is 837. The van der Waals surface area contributed by atoms with Crippen molar-refractivity contribution in [2.24, 2.45) is 7.05 Å². The number of hydrogen-bond donors (Lipinski definition) is 0. The third-order valence-corrected chi connectivity index (χ3v) is 3.17. The van der Waals surface area contributed by atoms with Gasteiger partial charge in [-0.2, -0.15) is 9.94 Å². The Morgan fingerprint density at radius 1 is 1.50 bits per heavy atom. The topological polar surface area (TPSA) is 102 Å². The highest BCUT2D eigenvalue weighted by atomic mass is 32.1. The third kappa shape index (κ3) is 1.40. The monoisotopic (exact) mass is 259 g/mol. The summed E-state index contributed by atoms with van der Waals surface area (Å²) < 4.78 is 2.40. The van der Waals surface area contributed by atoms with Crippen LogP contribution in [0.5, 0.6) is 0 Å². The van der Waals surface area contributed by atoms with Crippen molar-refractivity contribution in [2.75, 3.05) is 0 Å². The first-order chi connectivity index (χ1) is 8.70. The molecule has 0 aliphatic carbocycles. The van der Waals surface area contributed by atoms with Crippen LogP contribution in [0.2, 0.25) is 0 Å². The van der Waals surface area contributed by atoms with E-state index in [4.69, 9.17) is 5.26 Å². The molecule has 0 aliphatic rings. The summed E-state index contributed by atoms with van der Waals surface area (Å²) >= 11 is 1.27. The van der Waals surface area contributed by atoms with Crippen LogP contribution in [-0.2, 0) is 7.05 Å². The van der Waals surface area contributed by atoms with Crippen molar-refractivity contribution >= 4 is 17.0 Å². The average molecular weight is 259 g/mol. The number of nitrogens with zero attached hydrogens (tertiary/aromatic N) is 7. The Kier molecular flexibility index (Phi) is 2.17. The molecule has 0 saturated carbocycles. The second kappa shape index (κ2) is 3.71. The van der Waals surface area contributed by atoms with Gasteiger partial charge in [-0.15, -0.1) is 16.4 Å². The minimum Gasteiger partial charge on any atom is -0.245 e. The van der Waals surface area contributed by atoms with Gasteiger partial charge < -0.3 is 0 Å². The highest BCUT2D eigenvalue weighted by Crippen LogP contribution is 2.24. The molecule has 0 radical (unpaired) electrons. The second-order valence-electron chi connectivity index (χ2n) is 3.43. The molecule has 0 aliphatic heterocycles. The molecule has 0 amide bonds. The predicted octanol–water partition coefficient (Wildman–Crippen LogP) is -0.182. The van der Waals surface area contributed by atoms with Crippen molar-refractivity contribution < 1.29 is 0 Å². The van der Waals surface area contributed by atoms with E-state index in [0.29, 0.717) is 22.0 Å². The molecule has 88 valence electrons. The Balaban J connectivity index is 2.28. The van der Waals surface area contributed by atoms with Crippen molar-refractivity contribution in [2.45, 2.75) is 0 Å². The van der Waals surface area contributed by atoms with Crippen LogP contribution in [0, 0.1) is 11.3 Å². The lowest BCUT2D eigenvalue weighted by molar-refractivity contribution is 0.607. The van der Waals surface area contributed by atoms with Crippen LogP contribution in [0.3, 0.4) is 0 Å². The molecule has 0 fully saturated rings. The standard InChI is InChI=1S/C9H5N7OS/c1-15-9(17)16-4-11-6(7(16)13-14-15)8-12-5(2-10)3-18-8/h3-4H,1H3. The van der Waals surface area contributed by atoms with E-state index in [1.54, 1.807) is 5.38 Å². The van der Waals surface area contributed by atoms with Gasteiger partial charge in [0, 0.05) is 12.4 Å². The van der Waals surface area contributed by atoms with E-state index in [1.807, 2.05) is 6.07 Å². The van der Waals surface area contributed by atoms with Gasteiger partial charge in [0.1, 0.15) is 23.1 Å². The average Bonchev–Trinajstić information content (AvgIpc) is 2.99. The molecule has 0 aromatic carbocycles. The quantitative estimate of drug-likeness (QED) is 0.600. The largest absolute Gasteiger partial charge is 0.352 e. The third-order valence-electron chi connectivity index (χ3n) is 2.32. The van der Waals surface area contributed by atoms with Gasteiger partial charge in [0.25, 0.3) is 0 Å². The second-order valence-corrected chi connectivity index (χ2v) is 4.29. The molecule has 3 heterocycles. The highest BCUT2D eigenvalue weighted by molar-refractivity contribution is 7.13. The van der Waals surface area contributed by atoms with E-state index in [9.17, 15) is 4.79 Å². The van der Waals surface area contributed by atoms with Crippen LogP contribution in [0.1, 0.15) is 5.69 Å². The van der Waals surface area contributed by atoms with Gasteiger partial charge in [-0.3, -0.25) is 0 Å². The summed E-state index contributed by atoms with van der Waals surface area (Å²) in [5, 5.41) is 18.5. The van der Waals surface area contributed by atoms with E-state index in [0.717, 1.165) is 4.68 Å². The number of aromatic nitrogens is 6. The molecule has 0 atom stereocenters. The van der Waals surface area contributed by atoms with Gasteiger partial charge in [0.05, 0.1) is 0 Å². The Labute approximate surface area is 104 Å². The molecule has 9 heteroatoms. The molecule has 0 unspecified atom stereocenters. The number of aryl methyl sites for hydroxylation is 1. The van der Waals surface area contributed by atoms with Gasteiger partial charge in [-0.1, -0.05) is 5.21 Å². The van der Waals surface area contributed by atoms with Gasteiger partial charge >= 0.3 is 5.69 Å². The Hall–Kier alpha value is -2.60. The zero-order chi connectivity index (χ0) is 12.7. The molecule has 0 saturated heterocycles. The lowest BCUT2D eigenvalue weighted by Crippen LogP contribution is -2.26. The minimum atomic E-state index is -0.337. The maximum atomic E-state index is 11.7.